The molecule has 16 heteroatoms. The molecule has 3 N–H and O–H groups in total. The van der Waals surface area contributed by atoms with Crippen molar-refractivity contribution in [2.24, 2.45) is 13.0 Å². The van der Waals surface area contributed by atoms with Crippen molar-refractivity contribution < 1.29 is 28.0 Å². The number of nitrogens with zero attached hydrogens (tertiary/aromatic N) is 6. The van der Waals surface area contributed by atoms with E-state index in [1.807, 2.05) is 0 Å². The predicted molar refractivity (Wildman–Crippen MR) is 196 cm³/mol. The fraction of sp³-hybridized carbons (Fsp3) is 0.300. The number of nitrogens with one attached hydrogen (secondary N) is 3. The van der Waals surface area contributed by atoms with E-state index in [1.54, 1.807) is 42.1 Å². The molecule has 282 valence electrons. The second-order valence-electron chi connectivity index (χ2n) is 14.5. The molecule has 2 saturated heterocycles. The number of hydrogen-bond acceptors (Lipinski definition) is 10. The van der Waals surface area contributed by atoms with Crippen LogP contribution in [-0.4, -0.2) is 77.5 Å². The fourth-order valence-electron chi connectivity index (χ4n) is 8.29. The van der Waals surface area contributed by atoms with Gasteiger partial charge in [0.05, 0.1) is 39.7 Å². The van der Waals surface area contributed by atoms with Gasteiger partial charge >= 0.3 is 0 Å². The van der Waals surface area contributed by atoms with Gasteiger partial charge < -0.3 is 5.32 Å². The zero-order valence-corrected chi connectivity index (χ0v) is 29.9. The maximum atomic E-state index is 15.3. The van der Waals surface area contributed by atoms with E-state index >= 15 is 4.39 Å². The summed E-state index contributed by atoms with van der Waals surface area (Å²) in [4.78, 5) is 70.7. The Morgan fingerprint density at radius 3 is 2.50 bits per heavy atom. The van der Waals surface area contributed by atoms with Gasteiger partial charge in [-0.25, -0.2) is 18.9 Å². The summed E-state index contributed by atoms with van der Waals surface area (Å²) in [6.07, 6.45) is 3.02. The number of hydrogen-bond donors (Lipinski definition) is 3. The Labute approximate surface area is 317 Å². The molecule has 5 aromatic rings. The number of aryl methyl sites for hydroxylation is 1. The Bertz CT molecular complexity index is 2640. The van der Waals surface area contributed by atoms with E-state index in [-0.39, 0.29) is 40.8 Å². The monoisotopic (exact) mass is 757 g/mol. The molecular weight excluding hydrogens is 724 g/mol. The average molecular weight is 758 g/mol. The van der Waals surface area contributed by atoms with Crippen LogP contribution in [0.3, 0.4) is 0 Å². The van der Waals surface area contributed by atoms with E-state index in [4.69, 9.17) is 0 Å². The van der Waals surface area contributed by atoms with E-state index in [9.17, 15) is 28.4 Å². The van der Waals surface area contributed by atoms with Crippen molar-refractivity contribution in [2.75, 3.05) is 18.4 Å². The lowest BCUT2D eigenvalue weighted by Gasteiger charge is -2.33. The quantitative estimate of drug-likeness (QED) is 0.178. The van der Waals surface area contributed by atoms with Crippen LogP contribution >= 0.6 is 0 Å². The van der Waals surface area contributed by atoms with Crippen LogP contribution < -0.4 is 16.2 Å². The number of carbonyl (C=O) groups excluding carboxylic acids is 4. The number of fused-ring (bicyclic) bond motifs is 1. The number of benzene rings is 3. The van der Waals surface area contributed by atoms with Crippen molar-refractivity contribution in [3.63, 3.8) is 0 Å². The predicted octanol–water partition coefficient (Wildman–Crippen LogP) is 3.29. The molecule has 14 nitrogen and oxygen atoms in total. The largest absolute Gasteiger partial charge is 0.376 e. The molecule has 2 aromatic heterocycles. The number of piperidine rings is 2. The number of H-pyrrole nitrogens is 1. The van der Waals surface area contributed by atoms with E-state index in [2.05, 4.69) is 47.7 Å². The zero-order chi connectivity index (χ0) is 38.8. The third kappa shape index (κ3) is 6.00. The van der Waals surface area contributed by atoms with Gasteiger partial charge in [0, 0.05) is 37.0 Å². The Kier molecular flexibility index (Phi) is 8.53. The first-order valence-corrected chi connectivity index (χ1v) is 18.2. The number of imide groups is 2. The summed E-state index contributed by atoms with van der Waals surface area (Å²) < 4.78 is 31.6. The Morgan fingerprint density at radius 2 is 1.73 bits per heavy atom. The number of aromatic amines is 1. The molecule has 0 bridgehead atoms. The second-order valence-corrected chi connectivity index (χ2v) is 14.5. The van der Waals surface area contributed by atoms with Gasteiger partial charge in [-0.3, -0.25) is 43.8 Å². The standard InChI is InChI=1S/C40H33F2N9O5/c1-49-36(43-19-44-49)33-34(45-29-17-24(41)16-27-32(29)35(33)47-48-37(27)53)23-5-7-28(42)22(15-23)4-2-20-10-12-50(13-11-20)18-21-3-6-25-26(14-21)40(56)51(39(25)55)30-8-9-31(52)46-38(30)54/h3,5-7,14-17,19-20,30,33-34,45H,8-13,18H2,1H3,(H,48,53)(H,46,52,54)/t30?,33-,34-/m1/s1. The molecule has 4 amide bonds. The molecule has 0 spiro atoms. The second kappa shape index (κ2) is 13.6. The molecule has 0 radical (unpaired) electrons. The van der Waals surface area contributed by atoms with Crippen LogP contribution in [0, 0.1) is 29.4 Å². The van der Waals surface area contributed by atoms with Crippen LogP contribution in [0.4, 0.5) is 14.5 Å². The van der Waals surface area contributed by atoms with Crippen LogP contribution in [-0.2, 0) is 23.2 Å². The minimum atomic E-state index is -1.02. The number of carbonyl (C=O) groups is 4. The number of amides is 4. The zero-order valence-electron chi connectivity index (χ0n) is 29.9. The van der Waals surface area contributed by atoms with Gasteiger partial charge in [0.2, 0.25) is 11.8 Å². The molecule has 0 saturated carbocycles. The van der Waals surface area contributed by atoms with E-state index in [0.717, 1.165) is 23.3 Å². The molecule has 3 aromatic carbocycles. The molecular formula is C40H33F2N9O5. The molecule has 0 aliphatic carbocycles. The summed E-state index contributed by atoms with van der Waals surface area (Å²) in [5.74, 6) is 3.06. The highest BCUT2D eigenvalue weighted by atomic mass is 19.1. The topological polar surface area (TPSA) is 175 Å². The number of halogens is 2. The minimum Gasteiger partial charge on any atom is -0.376 e. The van der Waals surface area contributed by atoms with Crippen LogP contribution in [0.25, 0.3) is 10.8 Å². The third-order valence-electron chi connectivity index (χ3n) is 11.1. The summed E-state index contributed by atoms with van der Waals surface area (Å²) in [6.45, 7) is 1.95. The average Bonchev–Trinajstić information content (AvgIpc) is 3.71. The van der Waals surface area contributed by atoms with Crippen molar-refractivity contribution >= 4 is 40.1 Å². The lowest BCUT2D eigenvalue weighted by Crippen LogP contribution is -2.54. The number of rotatable bonds is 5. The molecule has 6 heterocycles. The molecule has 3 atom stereocenters. The maximum Gasteiger partial charge on any atom is 0.272 e. The number of likely N-dealkylation sites (tertiary alicyclic amines) is 1. The molecule has 56 heavy (non-hydrogen) atoms. The first-order valence-electron chi connectivity index (χ1n) is 18.2. The van der Waals surface area contributed by atoms with Crippen LogP contribution in [0.15, 0.2) is 59.7 Å². The lowest BCUT2D eigenvalue weighted by atomic mass is 9.83. The molecule has 9 rings (SSSR count). The summed E-state index contributed by atoms with van der Waals surface area (Å²) in [5.41, 5.74) is 2.53. The summed E-state index contributed by atoms with van der Waals surface area (Å²) in [6, 6.07) is 10.7. The van der Waals surface area contributed by atoms with Gasteiger partial charge in [0.15, 0.2) is 0 Å². The number of aromatic nitrogens is 5. The molecule has 4 aliphatic rings. The maximum absolute atomic E-state index is 15.3. The summed E-state index contributed by atoms with van der Waals surface area (Å²) in [7, 11) is 1.74. The Hall–Kier alpha value is -6.60. The Balaban J connectivity index is 0.903. The SMILES string of the molecule is Cn1ncnc1[C@H]1c2n[nH]c(=O)c3cc(F)cc(c23)N[C@@H]1c1ccc(F)c(C#CC2CCN(Cc3ccc4c(c3)C(=O)N(C3CCC(=O)NC3=O)C4=O)CC2)c1. The first-order chi connectivity index (χ1) is 27.0. The van der Waals surface area contributed by atoms with Crippen LogP contribution in [0.1, 0.15) is 86.6 Å². The van der Waals surface area contributed by atoms with Crippen LogP contribution in [0.2, 0.25) is 0 Å². The third-order valence-corrected chi connectivity index (χ3v) is 11.1. The van der Waals surface area contributed by atoms with Gasteiger partial charge in [-0.05, 0) is 79.9 Å². The van der Waals surface area contributed by atoms with Crippen molar-refractivity contribution in [1.82, 2.24) is 40.1 Å². The van der Waals surface area contributed by atoms with Gasteiger partial charge in [0.1, 0.15) is 29.8 Å². The van der Waals surface area contributed by atoms with Crippen molar-refractivity contribution in [1.29, 1.82) is 0 Å². The highest BCUT2D eigenvalue weighted by molar-refractivity contribution is 6.23. The summed E-state index contributed by atoms with van der Waals surface area (Å²) in [5, 5.41) is 17.3. The molecule has 1 unspecified atom stereocenters. The van der Waals surface area contributed by atoms with Crippen molar-refractivity contribution in [2.45, 2.75) is 50.2 Å². The van der Waals surface area contributed by atoms with Crippen LogP contribution in [0.5, 0.6) is 0 Å². The van der Waals surface area contributed by atoms with E-state index in [0.29, 0.717) is 47.8 Å². The lowest BCUT2D eigenvalue weighted by molar-refractivity contribution is -0.136. The molecule has 2 fully saturated rings. The molecule has 4 aliphatic heterocycles. The minimum absolute atomic E-state index is 0.00304. The smallest absolute Gasteiger partial charge is 0.272 e. The summed E-state index contributed by atoms with van der Waals surface area (Å²) >= 11 is 0. The van der Waals surface area contributed by atoms with E-state index < -0.39 is 58.8 Å². The normalized spacial score (nSPS) is 21.1. The van der Waals surface area contributed by atoms with Crippen molar-refractivity contribution in [3.8, 4) is 11.8 Å². The van der Waals surface area contributed by atoms with Gasteiger partial charge in [-0.15, -0.1) is 0 Å². The van der Waals surface area contributed by atoms with Gasteiger partial charge in [0.25, 0.3) is 17.4 Å². The highest BCUT2D eigenvalue weighted by Gasteiger charge is 2.45. The number of anilines is 1. The van der Waals surface area contributed by atoms with Crippen molar-refractivity contribution in [3.05, 3.63) is 116 Å². The van der Waals surface area contributed by atoms with Gasteiger partial charge in [-0.2, -0.15) is 10.2 Å². The Morgan fingerprint density at radius 1 is 0.929 bits per heavy atom. The van der Waals surface area contributed by atoms with E-state index in [1.165, 1.54) is 24.5 Å². The highest BCUT2D eigenvalue weighted by Crippen LogP contribution is 2.46. The first kappa shape index (κ1) is 35.1. The fourth-order valence-corrected chi connectivity index (χ4v) is 8.29. The van der Waals surface area contributed by atoms with Gasteiger partial charge in [-0.1, -0.05) is 24.0 Å².